The van der Waals surface area contributed by atoms with E-state index in [1.54, 1.807) is 43.8 Å². The molecule has 4 heterocycles. The molecule has 5 atom stereocenters. The van der Waals surface area contributed by atoms with Crippen LogP contribution >= 0.6 is 0 Å². The van der Waals surface area contributed by atoms with E-state index in [1.165, 1.54) is 17.0 Å². The van der Waals surface area contributed by atoms with E-state index in [0.717, 1.165) is 12.1 Å². The van der Waals surface area contributed by atoms with Gasteiger partial charge in [-0.25, -0.2) is 22.8 Å². The summed E-state index contributed by atoms with van der Waals surface area (Å²) in [6.45, 7) is 9.22. The third-order valence-corrected chi connectivity index (χ3v) is 14.0. The van der Waals surface area contributed by atoms with Crippen LogP contribution in [0.3, 0.4) is 0 Å². The van der Waals surface area contributed by atoms with Crippen LogP contribution in [0.1, 0.15) is 93.5 Å². The number of rotatable bonds is 8. The molecule has 5 unspecified atom stereocenters. The van der Waals surface area contributed by atoms with Crippen molar-refractivity contribution in [3.63, 3.8) is 0 Å². The van der Waals surface area contributed by atoms with E-state index in [2.05, 4.69) is 37.0 Å². The molecule has 2 aliphatic carbocycles. The summed E-state index contributed by atoms with van der Waals surface area (Å²) in [4.78, 5) is 67.4. The summed E-state index contributed by atoms with van der Waals surface area (Å²) in [5.74, 6) is -3.93. The fraction of sp³-hybridized carbons (Fsp3) is 0.525. The molecule has 2 aromatic heterocycles. The summed E-state index contributed by atoms with van der Waals surface area (Å²) in [5.41, 5.74) is 0.617. The SMILES string of the molecule is C=C1CC2(C(=O)NS(=O)(=O)C3(C)CC3)NC(=O)C3CC(Oc4nc5c(F)cccc5nc4CC)CN3C(=O)C(NC(=O)c3cc(C)n(C)n3)CCCCCC=CC12. The summed E-state index contributed by atoms with van der Waals surface area (Å²) < 4.78 is 50.6. The van der Waals surface area contributed by atoms with Crippen LogP contribution in [0.4, 0.5) is 4.39 Å². The first-order chi connectivity index (χ1) is 27.1. The molecule has 2 saturated carbocycles. The van der Waals surface area contributed by atoms with Crippen LogP contribution in [0.15, 0.2) is 48.6 Å². The normalized spacial score (nSPS) is 26.3. The first-order valence-electron chi connectivity index (χ1n) is 19.5. The Morgan fingerprint density at radius 3 is 2.61 bits per heavy atom. The molecular formula is C40H49FN8O7S. The molecule has 57 heavy (non-hydrogen) atoms. The van der Waals surface area contributed by atoms with Crippen LogP contribution in [0.25, 0.3) is 11.0 Å². The predicted octanol–water partition coefficient (Wildman–Crippen LogP) is 3.47. The van der Waals surface area contributed by atoms with Gasteiger partial charge in [0.1, 0.15) is 40.6 Å². The molecule has 0 radical (unpaired) electrons. The first-order valence-corrected chi connectivity index (χ1v) is 21.0. The number of ether oxygens (including phenoxy) is 1. The van der Waals surface area contributed by atoms with Crippen molar-refractivity contribution in [3.8, 4) is 5.88 Å². The largest absolute Gasteiger partial charge is 0.471 e. The minimum absolute atomic E-state index is 0.00571. The average molecular weight is 805 g/mol. The molecule has 7 rings (SSSR count). The molecule has 17 heteroatoms. The zero-order chi connectivity index (χ0) is 40.9. The van der Waals surface area contributed by atoms with Crippen LogP contribution in [0.2, 0.25) is 0 Å². The van der Waals surface area contributed by atoms with Crippen LogP contribution in [0, 0.1) is 18.7 Å². The summed E-state index contributed by atoms with van der Waals surface area (Å²) in [7, 11) is -2.37. The Bertz CT molecular complexity index is 2270. The molecule has 0 spiro atoms. The Morgan fingerprint density at radius 1 is 1.16 bits per heavy atom. The summed E-state index contributed by atoms with van der Waals surface area (Å²) in [6.07, 6.45) is 6.89. The van der Waals surface area contributed by atoms with Crippen LogP contribution in [-0.4, -0.2) is 91.7 Å². The Hall–Kier alpha value is -5.19. The summed E-state index contributed by atoms with van der Waals surface area (Å²) >= 11 is 0. The van der Waals surface area contributed by atoms with Crippen LogP contribution < -0.4 is 20.1 Å². The van der Waals surface area contributed by atoms with E-state index >= 15 is 0 Å². The van der Waals surface area contributed by atoms with Crippen molar-refractivity contribution in [2.45, 2.75) is 113 Å². The van der Waals surface area contributed by atoms with Gasteiger partial charge in [-0.15, -0.1) is 0 Å². The third kappa shape index (κ3) is 7.65. The van der Waals surface area contributed by atoms with Gasteiger partial charge < -0.3 is 20.3 Å². The Kier molecular flexibility index (Phi) is 10.7. The van der Waals surface area contributed by atoms with E-state index in [-0.39, 0.29) is 42.9 Å². The number of halogens is 1. The number of nitrogens with one attached hydrogen (secondary N) is 3. The number of aromatic nitrogens is 4. The molecule has 2 aliphatic heterocycles. The van der Waals surface area contributed by atoms with Crippen molar-refractivity contribution < 1.29 is 36.7 Å². The van der Waals surface area contributed by atoms with Crippen molar-refractivity contribution >= 4 is 44.7 Å². The number of benzene rings is 1. The smallest absolute Gasteiger partial charge is 0.272 e. The molecule has 1 saturated heterocycles. The van der Waals surface area contributed by atoms with E-state index < -0.39 is 73.9 Å². The fourth-order valence-corrected chi connectivity index (χ4v) is 9.19. The fourth-order valence-electron chi connectivity index (χ4n) is 7.88. The van der Waals surface area contributed by atoms with Crippen molar-refractivity contribution in [2.75, 3.05) is 6.54 Å². The van der Waals surface area contributed by atoms with Gasteiger partial charge in [-0.3, -0.25) is 28.6 Å². The second kappa shape index (κ2) is 15.3. The molecule has 3 N–H and O–H groups in total. The monoisotopic (exact) mass is 804 g/mol. The van der Waals surface area contributed by atoms with Gasteiger partial charge in [-0.1, -0.05) is 50.1 Å². The van der Waals surface area contributed by atoms with Gasteiger partial charge in [-0.2, -0.15) is 5.10 Å². The predicted molar refractivity (Wildman–Crippen MR) is 208 cm³/mol. The minimum Gasteiger partial charge on any atom is -0.471 e. The molecular weight excluding hydrogens is 756 g/mol. The lowest BCUT2D eigenvalue weighted by Crippen LogP contribution is -2.71. The minimum atomic E-state index is -4.08. The maximum atomic E-state index is 14.9. The lowest BCUT2D eigenvalue weighted by molar-refractivity contribution is -0.143. The zero-order valence-corrected chi connectivity index (χ0v) is 33.5. The third-order valence-electron chi connectivity index (χ3n) is 11.8. The number of para-hydroxylation sites is 1. The van der Waals surface area contributed by atoms with Crippen molar-refractivity contribution in [1.82, 2.24) is 40.0 Å². The molecule has 3 fully saturated rings. The Morgan fingerprint density at radius 2 is 1.93 bits per heavy atom. The maximum absolute atomic E-state index is 14.9. The van der Waals surface area contributed by atoms with Gasteiger partial charge in [0.05, 0.1) is 16.8 Å². The lowest BCUT2D eigenvalue weighted by atomic mass is 9.62. The molecule has 4 amide bonds. The van der Waals surface area contributed by atoms with Gasteiger partial charge in [0.2, 0.25) is 27.7 Å². The topological polar surface area (TPSA) is 195 Å². The van der Waals surface area contributed by atoms with E-state index in [9.17, 15) is 32.0 Å². The number of hydrogen-bond donors (Lipinski definition) is 3. The van der Waals surface area contributed by atoms with Gasteiger partial charge >= 0.3 is 0 Å². The maximum Gasteiger partial charge on any atom is 0.272 e. The lowest BCUT2D eigenvalue weighted by Gasteiger charge is -2.49. The van der Waals surface area contributed by atoms with E-state index in [4.69, 9.17) is 4.74 Å². The summed E-state index contributed by atoms with van der Waals surface area (Å²) in [5, 5.41) is 10.0. The van der Waals surface area contributed by atoms with E-state index in [1.807, 2.05) is 13.0 Å². The Labute approximate surface area is 330 Å². The number of fused-ring (bicyclic) bond motifs is 3. The quantitative estimate of drug-likeness (QED) is 0.284. The van der Waals surface area contributed by atoms with Gasteiger partial charge in [-0.05, 0) is 70.6 Å². The van der Waals surface area contributed by atoms with Crippen molar-refractivity contribution in [3.05, 3.63) is 71.5 Å². The van der Waals surface area contributed by atoms with Gasteiger partial charge in [0.15, 0.2) is 5.82 Å². The van der Waals surface area contributed by atoms with Crippen LogP contribution in [-0.2, 0) is 37.9 Å². The number of sulfonamides is 1. The number of allylic oxidation sites excluding steroid dienone is 1. The number of carbonyl (C=O) groups is 4. The molecule has 0 bridgehead atoms. The highest BCUT2D eigenvalue weighted by Gasteiger charge is 2.59. The molecule has 304 valence electrons. The average Bonchev–Trinajstić information content (AvgIpc) is 3.65. The zero-order valence-electron chi connectivity index (χ0n) is 32.6. The number of amides is 4. The second-order valence-electron chi connectivity index (χ2n) is 16.0. The number of hydrogen-bond acceptors (Lipinski definition) is 10. The second-order valence-corrected chi connectivity index (χ2v) is 18.2. The highest BCUT2D eigenvalue weighted by molar-refractivity contribution is 7.91. The molecule has 15 nitrogen and oxygen atoms in total. The first kappa shape index (κ1) is 40.0. The van der Waals surface area contributed by atoms with Crippen molar-refractivity contribution in [2.24, 2.45) is 13.0 Å². The Balaban J connectivity index is 1.24. The van der Waals surface area contributed by atoms with Crippen molar-refractivity contribution in [1.29, 1.82) is 0 Å². The number of aryl methyl sites for hydroxylation is 3. The number of carbonyl (C=O) groups excluding carboxylic acids is 4. The number of nitrogens with zero attached hydrogens (tertiary/aromatic N) is 5. The molecule has 4 aliphatic rings. The van der Waals surface area contributed by atoms with Gasteiger partial charge in [0.25, 0.3) is 11.8 Å². The van der Waals surface area contributed by atoms with Crippen LogP contribution in [0.5, 0.6) is 5.88 Å². The highest BCUT2D eigenvalue weighted by atomic mass is 32.2. The molecule has 1 aromatic carbocycles. The van der Waals surface area contributed by atoms with Gasteiger partial charge in [0, 0.05) is 31.5 Å². The molecule has 3 aromatic rings. The highest BCUT2D eigenvalue weighted by Crippen LogP contribution is 2.47. The standard InChI is InChI=1S/C40H49FN8O7S/c1-6-28-36(44-33-27(41)14-12-16-29(33)42-28)56-25-20-32-35(51)45-40(38(53)47-57(54,55)39(4)17-18-39)21-23(2)26(40)13-10-8-7-9-11-15-30(37(52)49(32)22-25)43-34(50)31-19-24(3)48(5)46-31/h10,12-14,16,19,25-26,30,32H,2,6-9,11,15,17-18,20-22H2,1,3-5H3,(H,43,50)(H,45,51)(H,47,53). The summed E-state index contributed by atoms with van der Waals surface area (Å²) in [6, 6.07) is 3.79. The van der Waals surface area contributed by atoms with E-state index in [0.29, 0.717) is 55.3 Å².